The highest BCUT2D eigenvalue weighted by Gasteiger charge is 2.27. The molecule has 0 bridgehead atoms. The van der Waals surface area contributed by atoms with Gasteiger partial charge < -0.3 is 14.8 Å². The molecule has 0 aliphatic carbocycles. The van der Waals surface area contributed by atoms with Crippen LogP contribution in [-0.4, -0.2) is 32.5 Å². The first-order valence-corrected chi connectivity index (χ1v) is 12.9. The summed E-state index contributed by atoms with van der Waals surface area (Å²) < 4.78 is 35.4. The van der Waals surface area contributed by atoms with Crippen molar-refractivity contribution in [1.82, 2.24) is 10.3 Å². The number of carbonyl (C=O) groups is 1. The SMILES string of the molecule is CC(C)(C)C(=O)N[C@@H](Cc1ccc(N[SH](=O)=O)cc1)c1nc(-c2ccc3c(c2)OCCO3)cs1. The smallest absolute Gasteiger partial charge is 0.225 e. The zero-order valence-electron chi connectivity index (χ0n) is 19.2. The first kappa shape index (κ1) is 24.0. The van der Waals surface area contributed by atoms with Gasteiger partial charge in [0, 0.05) is 22.0 Å². The van der Waals surface area contributed by atoms with Crippen LogP contribution in [0.25, 0.3) is 11.3 Å². The van der Waals surface area contributed by atoms with E-state index in [1.54, 1.807) is 12.1 Å². The molecule has 1 amide bonds. The second-order valence-electron chi connectivity index (χ2n) is 8.98. The van der Waals surface area contributed by atoms with E-state index in [1.807, 2.05) is 56.5 Å². The summed E-state index contributed by atoms with van der Waals surface area (Å²) in [5.74, 6) is 1.35. The molecule has 0 unspecified atom stereocenters. The first-order chi connectivity index (χ1) is 16.2. The van der Waals surface area contributed by atoms with Crippen LogP contribution < -0.4 is 19.5 Å². The van der Waals surface area contributed by atoms with Crippen molar-refractivity contribution < 1.29 is 22.7 Å². The summed E-state index contributed by atoms with van der Waals surface area (Å²) in [6.45, 7) is 6.65. The van der Waals surface area contributed by atoms with Gasteiger partial charge in [-0.3, -0.25) is 9.52 Å². The summed E-state index contributed by atoms with van der Waals surface area (Å²) in [4.78, 5) is 17.6. The third-order valence-electron chi connectivity index (χ3n) is 5.26. The molecule has 2 aromatic carbocycles. The molecule has 4 rings (SSSR count). The van der Waals surface area contributed by atoms with E-state index in [-0.39, 0.29) is 11.9 Å². The number of fused-ring (bicyclic) bond motifs is 1. The van der Waals surface area contributed by atoms with Gasteiger partial charge in [-0.2, -0.15) is 0 Å². The van der Waals surface area contributed by atoms with Gasteiger partial charge in [-0.1, -0.05) is 32.9 Å². The fraction of sp³-hybridized carbons (Fsp3) is 0.333. The van der Waals surface area contributed by atoms with Crippen LogP contribution in [0.15, 0.2) is 47.8 Å². The minimum Gasteiger partial charge on any atom is -0.486 e. The van der Waals surface area contributed by atoms with Crippen molar-refractivity contribution in [2.75, 3.05) is 17.9 Å². The fourth-order valence-electron chi connectivity index (χ4n) is 3.41. The van der Waals surface area contributed by atoms with Gasteiger partial charge >= 0.3 is 0 Å². The third kappa shape index (κ3) is 5.87. The molecule has 8 nitrogen and oxygen atoms in total. The molecule has 0 spiro atoms. The van der Waals surface area contributed by atoms with Crippen LogP contribution in [0.4, 0.5) is 5.69 Å². The lowest BCUT2D eigenvalue weighted by Crippen LogP contribution is -2.38. The number of carbonyl (C=O) groups excluding carboxylic acids is 1. The molecule has 180 valence electrons. The van der Waals surface area contributed by atoms with E-state index in [0.717, 1.165) is 27.6 Å². The molecule has 2 N–H and O–H groups in total. The maximum atomic E-state index is 12.8. The largest absolute Gasteiger partial charge is 0.486 e. The van der Waals surface area contributed by atoms with Crippen LogP contribution in [0, 0.1) is 5.41 Å². The molecular weight excluding hydrogens is 474 g/mol. The van der Waals surface area contributed by atoms with Gasteiger partial charge in [0.25, 0.3) is 0 Å². The zero-order valence-corrected chi connectivity index (χ0v) is 20.9. The Labute approximate surface area is 204 Å². The van der Waals surface area contributed by atoms with E-state index in [1.165, 1.54) is 11.3 Å². The topological polar surface area (TPSA) is 107 Å². The molecule has 1 aliphatic heterocycles. The molecule has 10 heteroatoms. The predicted molar refractivity (Wildman–Crippen MR) is 133 cm³/mol. The van der Waals surface area contributed by atoms with Crippen molar-refractivity contribution in [1.29, 1.82) is 0 Å². The van der Waals surface area contributed by atoms with Gasteiger partial charge in [-0.15, -0.1) is 11.3 Å². The van der Waals surface area contributed by atoms with Crippen LogP contribution in [0.5, 0.6) is 11.5 Å². The van der Waals surface area contributed by atoms with Crippen molar-refractivity contribution in [2.24, 2.45) is 5.41 Å². The van der Waals surface area contributed by atoms with Gasteiger partial charge in [0.05, 0.1) is 11.7 Å². The maximum Gasteiger partial charge on any atom is 0.225 e. The van der Waals surface area contributed by atoms with Crippen LogP contribution in [0.1, 0.15) is 37.4 Å². The summed E-state index contributed by atoms with van der Waals surface area (Å²) in [6.07, 6.45) is 0.514. The predicted octanol–water partition coefficient (Wildman–Crippen LogP) is 3.97. The average Bonchev–Trinajstić information content (AvgIpc) is 3.29. The van der Waals surface area contributed by atoms with E-state index in [0.29, 0.717) is 31.1 Å². The van der Waals surface area contributed by atoms with Crippen molar-refractivity contribution in [3.05, 3.63) is 58.4 Å². The summed E-state index contributed by atoms with van der Waals surface area (Å²) in [7, 11) is -2.72. The first-order valence-electron chi connectivity index (χ1n) is 10.9. The highest BCUT2D eigenvalue weighted by atomic mass is 32.2. The Morgan fingerprint density at radius 2 is 1.79 bits per heavy atom. The highest BCUT2D eigenvalue weighted by Crippen LogP contribution is 2.36. The molecule has 0 radical (unpaired) electrons. The van der Waals surface area contributed by atoms with Crippen molar-refractivity contribution in [3.63, 3.8) is 0 Å². The number of thiol groups is 1. The Morgan fingerprint density at radius 3 is 2.47 bits per heavy atom. The molecule has 3 aromatic rings. The minimum atomic E-state index is -2.72. The molecular formula is C24H27N3O5S2. The molecule has 1 atom stereocenters. The third-order valence-corrected chi connectivity index (χ3v) is 6.66. The molecule has 0 fully saturated rings. The standard InChI is InChI=1S/C24H27N3O5S2/c1-24(2,3)23(28)26-18(12-15-4-7-17(8-5-15)27-34(29)30)22-25-19(14-33-22)16-6-9-20-21(13-16)32-11-10-31-20/h4-9,13-14,18,34H,10-12H2,1-3H3,(H,26,28)(H,27,29,30)/t18-/m0/s1. The lowest BCUT2D eigenvalue weighted by molar-refractivity contribution is -0.129. The summed E-state index contributed by atoms with van der Waals surface area (Å²) >= 11 is 1.48. The monoisotopic (exact) mass is 501 g/mol. The van der Waals surface area contributed by atoms with E-state index >= 15 is 0 Å². The molecule has 0 saturated carbocycles. The van der Waals surface area contributed by atoms with E-state index in [2.05, 4.69) is 10.0 Å². The molecule has 2 heterocycles. The summed E-state index contributed by atoms with van der Waals surface area (Å²) in [5, 5.41) is 5.89. The lowest BCUT2D eigenvalue weighted by atomic mass is 9.94. The molecule has 1 aliphatic rings. The normalized spacial score (nSPS) is 14.0. The van der Waals surface area contributed by atoms with Crippen molar-refractivity contribution in [3.8, 4) is 22.8 Å². The van der Waals surface area contributed by atoms with Crippen LogP contribution in [0.2, 0.25) is 0 Å². The Hall–Kier alpha value is -3.11. The Bertz CT molecular complexity index is 1240. The number of hydrogen-bond acceptors (Lipinski definition) is 7. The van der Waals surface area contributed by atoms with E-state index in [9.17, 15) is 13.2 Å². The molecule has 34 heavy (non-hydrogen) atoms. The second-order valence-corrected chi connectivity index (χ2v) is 10.6. The molecule has 0 saturated heterocycles. The highest BCUT2D eigenvalue weighted by molar-refractivity contribution is 7.73. The summed E-state index contributed by atoms with van der Waals surface area (Å²) in [5.41, 5.74) is 2.59. The fourth-order valence-corrected chi connectivity index (χ4v) is 4.65. The van der Waals surface area contributed by atoms with Gasteiger partial charge in [0.1, 0.15) is 18.2 Å². The van der Waals surface area contributed by atoms with Gasteiger partial charge in [0.2, 0.25) is 16.8 Å². The van der Waals surface area contributed by atoms with Crippen LogP contribution in [-0.2, 0) is 22.1 Å². The van der Waals surface area contributed by atoms with Gasteiger partial charge in [-0.25, -0.2) is 13.4 Å². The number of ether oxygens (including phenoxy) is 2. The van der Waals surface area contributed by atoms with Crippen LogP contribution >= 0.6 is 11.3 Å². The lowest BCUT2D eigenvalue weighted by Gasteiger charge is -2.23. The number of nitrogens with zero attached hydrogens (tertiary/aromatic N) is 1. The Balaban J connectivity index is 1.59. The maximum absolute atomic E-state index is 12.8. The summed E-state index contributed by atoms with van der Waals surface area (Å²) in [6, 6.07) is 12.5. The number of rotatable bonds is 7. The zero-order chi connectivity index (χ0) is 24.3. The van der Waals surface area contributed by atoms with E-state index in [4.69, 9.17) is 14.5 Å². The number of hydrogen-bond donors (Lipinski definition) is 3. The van der Waals surface area contributed by atoms with Crippen molar-refractivity contribution in [2.45, 2.75) is 33.2 Å². The van der Waals surface area contributed by atoms with Crippen LogP contribution in [0.3, 0.4) is 0 Å². The average molecular weight is 502 g/mol. The van der Waals surface area contributed by atoms with Gasteiger partial charge in [0.15, 0.2) is 11.5 Å². The molecule has 1 aromatic heterocycles. The van der Waals surface area contributed by atoms with Crippen molar-refractivity contribution >= 4 is 33.8 Å². The van der Waals surface area contributed by atoms with E-state index < -0.39 is 16.3 Å². The minimum absolute atomic E-state index is 0.0739. The number of amides is 1. The number of aromatic nitrogens is 1. The Morgan fingerprint density at radius 1 is 1.09 bits per heavy atom. The number of anilines is 1. The Kier molecular flexibility index (Phi) is 7.08. The number of benzene rings is 2. The van der Waals surface area contributed by atoms with Gasteiger partial charge in [-0.05, 0) is 42.3 Å². The quantitative estimate of drug-likeness (QED) is 0.423. The number of nitrogens with one attached hydrogen (secondary N) is 2. The second kappa shape index (κ2) is 10.0. The number of thiazole rings is 1.